The van der Waals surface area contributed by atoms with Crippen molar-refractivity contribution >= 4 is 46.1 Å². The summed E-state index contributed by atoms with van der Waals surface area (Å²) in [6, 6.07) is 7.98. The lowest BCUT2D eigenvalue weighted by Gasteiger charge is -2.47. The Morgan fingerprint density at radius 1 is 1.36 bits per heavy atom. The maximum absolute atomic E-state index is 12.6. The van der Waals surface area contributed by atoms with Crippen LogP contribution in [0.1, 0.15) is 68.1 Å². The number of fused-ring (bicyclic) bond motifs is 2. The molecule has 0 bridgehead atoms. The zero-order valence-electron chi connectivity index (χ0n) is 20.9. The van der Waals surface area contributed by atoms with E-state index in [2.05, 4.69) is 43.1 Å². The number of non-ortho nitro benzene ring substituents is 1. The van der Waals surface area contributed by atoms with E-state index in [9.17, 15) is 14.9 Å². The number of carbonyl (C=O) groups excluding carboxylic acids is 1. The third-order valence-electron chi connectivity index (χ3n) is 6.54. The van der Waals surface area contributed by atoms with E-state index in [-0.39, 0.29) is 28.3 Å². The van der Waals surface area contributed by atoms with Crippen molar-refractivity contribution in [3.8, 4) is 5.75 Å². The summed E-state index contributed by atoms with van der Waals surface area (Å²) in [4.78, 5) is 25.7. The van der Waals surface area contributed by atoms with Crippen molar-refractivity contribution in [3.63, 3.8) is 0 Å². The molecule has 1 N–H and O–H groups in total. The third-order valence-corrected chi connectivity index (χ3v) is 6.87. The van der Waals surface area contributed by atoms with Gasteiger partial charge in [0.05, 0.1) is 29.3 Å². The number of hydrazone groups is 1. The Labute approximate surface area is 214 Å². The number of rotatable bonds is 7. The summed E-state index contributed by atoms with van der Waals surface area (Å²) < 4.78 is 10.8. The monoisotopic (exact) mass is 512 g/mol. The lowest BCUT2D eigenvalue weighted by atomic mass is 9.79. The topological polar surface area (TPSA) is 110 Å². The molecule has 1 aliphatic heterocycles. The van der Waals surface area contributed by atoms with E-state index >= 15 is 0 Å². The summed E-state index contributed by atoms with van der Waals surface area (Å²) in [7, 11) is 1.37. The minimum atomic E-state index is -0.606. The SMILES string of the molecule is CCCN1c2cc(Cl)c(/C=N\NC(=O)c3cc4cc([N+](=O)[O-])cc(OC)c4o3)cc2C(C)CC1(C)C. The normalized spacial score (nSPS) is 16.8. The van der Waals surface area contributed by atoms with E-state index in [1.165, 1.54) is 37.1 Å². The van der Waals surface area contributed by atoms with Gasteiger partial charge in [0.25, 0.3) is 5.69 Å². The lowest BCUT2D eigenvalue weighted by Crippen LogP contribution is -2.48. The number of methoxy groups -OCH3 is 1. The molecule has 4 rings (SSSR count). The zero-order valence-corrected chi connectivity index (χ0v) is 21.7. The molecule has 190 valence electrons. The molecule has 1 aliphatic rings. The maximum atomic E-state index is 12.6. The second kappa shape index (κ2) is 9.81. The van der Waals surface area contributed by atoms with Crippen molar-refractivity contribution in [1.82, 2.24) is 5.43 Å². The number of nitro groups is 1. The first-order valence-corrected chi connectivity index (χ1v) is 12.1. The maximum Gasteiger partial charge on any atom is 0.307 e. The zero-order chi connectivity index (χ0) is 26.2. The minimum absolute atomic E-state index is 0.0328. The van der Waals surface area contributed by atoms with E-state index < -0.39 is 10.8 Å². The number of hydrogen-bond acceptors (Lipinski definition) is 7. The fraction of sp³-hybridized carbons (Fsp3) is 0.385. The van der Waals surface area contributed by atoms with Gasteiger partial charge in [0.2, 0.25) is 0 Å². The van der Waals surface area contributed by atoms with Gasteiger partial charge in [-0.1, -0.05) is 25.4 Å². The smallest absolute Gasteiger partial charge is 0.307 e. The van der Waals surface area contributed by atoms with Crippen LogP contribution in [0.2, 0.25) is 5.02 Å². The first kappa shape index (κ1) is 25.5. The molecular weight excluding hydrogens is 484 g/mol. The van der Waals surface area contributed by atoms with Crippen LogP contribution in [0, 0.1) is 10.1 Å². The molecule has 1 amide bonds. The van der Waals surface area contributed by atoms with Crippen LogP contribution in [-0.2, 0) is 0 Å². The van der Waals surface area contributed by atoms with E-state index in [1.54, 1.807) is 0 Å². The molecule has 0 fully saturated rings. The number of halogens is 1. The molecule has 9 nitrogen and oxygen atoms in total. The standard InChI is InChI=1S/C26H29ClN4O5/c1-6-7-30-21-12-20(27)17(9-19(21)15(2)13-26(30,3)4)14-28-29-25(32)23-10-16-8-18(31(33)34)11-22(35-5)24(16)36-23/h8-12,14-15H,6-7,13H2,1-5H3,(H,29,32)/b28-14-. The Morgan fingerprint density at radius 2 is 2.11 bits per heavy atom. The van der Waals surface area contributed by atoms with Gasteiger partial charge in [0, 0.05) is 34.8 Å². The summed E-state index contributed by atoms with van der Waals surface area (Å²) in [5.41, 5.74) is 5.58. The van der Waals surface area contributed by atoms with Gasteiger partial charge in [0.15, 0.2) is 17.1 Å². The van der Waals surface area contributed by atoms with Gasteiger partial charge in [-0.15, -0.1) is 0 Å². The van der Waals surface area contributed by atoms with E-state index in [4.69, 9.17) is 20.8 Å². The van der Waals surface area contributed by atoms with Crippen molar-refractivity contribution in [2.45, 2.75) is 52.0 Å². The first-order valence-electron chi connectivity index (χ1n) is 11.8. The number of ether oxygens (including phenoxy) is 1. The number of benzene rings is 2. The summed E-state index contributed by atoms with van der Waals surface area (Å²) in [5, 5.41) is 16.1. The summed E-state index contributed by atoms with van der Waals surface area (Å²) in [6.45, 7) is 9.83. The average Bonchev–Trinajstić information content (AvgIpc) is 3.26. The molecule has 0 saturated heterocycles. The number of anilines is 1. The van der Waals surface area contributed by atoms with Gasteiger partial charge < -0.3 is 14.1 Å². The van der Waals surface area contributed by atoms with Crippen LogP contribution in [0.5, 0.6) is 5.75 Å². The number of hydrogen-bond donors (Lipinski definition) is 1. The van der Waals surface area contributed by atoms with Gasteiger partial charge in [-0.3, -0.25) is 14.9 Å². The third kappa shape index (κ3) is 4.75. The van der Waals surface area contributed by atoms with Crippen molar-refractivity contribution in [3.05, 3.63) is 62.4 Å². The van der Waals surface area contributed by atoms with Gasteiger partial charge >= 0.3 is 5.91 Å². The molecule has 1 atom stereocenters. The molecule has 0 spiro atoms. The van der Waals surface area contributed by atoms with Crippen molar-refractivity contribution < 1.29 is 18.9 Å². The van der Waals surface area contributed by atoms with Crippen LogP contribution in [0.3, 0.4) is 0 Å². The summed E-state index contributed by atoms with van der Waals surface area (Å²) in [6.07, 6.45) is 3.55. The Bertz CT molecular complexity index is 1360. The van der Waals surface area contributed by atoms with Crippen molar-refractivity contribution in [2.24, 2.45) is 5.10 Å². The van der Waals surface area contributed by atoms with E-state index in [1.807, 2.05) is 12.1 Å². The molecule has 1 unspecified atom stereocenters. The predicted molar refractivity (Wildman–Crippen MR) is 141 cm³/mol. The van der Waals surface area contributed by atoms with Crippen molar-refractivity contribution in [1.29, 1.82) is 0 Å². The second-order valence-corrected chi connectivity index (χ2v) is 10.0. The molecule has 10 heteroatoms. The van der Waals surface area contributed by atoms with Crippen LogP contribution in [0.4, 0.5) is 11.4 Å². The van der Waals surface area contributed by atoms with Gasteiger partial charge in [-0.2, -0.15) is 5.10 Å². The Kier molecular flexibility index (Phi) is 6.95. The molecule has 2 heterocycles. The van der Waals surface area contributed by atoms with Crippen LogP contribution in [-0.4, -0.2) is 36.2 Å². The second-order valence-electron chi connectivity index (χ2n) is 9.64. The fourth-order valence-corrected chi connectivity index (χ4v) is 5.16. The van der Waals surface area contributed by atoms with Crippen molar-refractivity contribution in [2.75, 3.05) is 18.6 Å². The molecule has 0 radical (unpaired) electrons. The molecule has 2 aromatic carbocycles. The Hall–Kier alpha value is -3.59. The molecule has 0 saturated carbocycles. The largest absolute Gasteiger partial charge is 0.493 e. The van der Waals surface area contributed by atoms with Crippen LogP contribution >= 0.6 is 11.6 Å². The lowest BCUT2D eigenvalue weighted by molar-refractivity contribution is -0.384. The highest BCUT2D eigenvalue weighted by atomic mass is 35.5. The molecule has 3 aromatic rings. The van der Waals surface area contributed by atoms with E-state index in [0.717, 1.165) is 25.1 Å². The number of carbonyl (C=O) groups is 1. The number of nitrogens with one attached hydrogen (secondary N) is 1. The quantitative estimate of drug-likeness (QED) is 0.227. The predicted octanol–water partition coefficient (Wildman–Crippen LogP) is 6.27. The molecular formula is C26H29ClN4O5. The highest BCUT2D eigenvalue weighted by molar-refractivity contribution is 6.33. The van der Waals surface area contributed by atoms with Gasteiger partial charge in [-0.25, -0.2) is 5.43 Å². The number of furan rings is 1. The Balaban J connectivity index is 1.57. The average molecular weight is 513 g/mol. The highest BCUT2D eigenvalue weighted by Gasteiger charge is 2.36. The van der Waals surface area contributed by atoms with Gasteiger partial charge in [-0.05, 0) is 56.4 Å². The minimum Gasteiger partial charge on any atom is -0.493 e. The Morgan fingerprint density at radius 3 is 2.78 bits per heavy atom. The van der Waals surface area contributed by atoms with E-state index in [0.29, 0.717) is 21.9 Å². The molecule has 1 aromatic heterocycles. The number of nitro benzene ring substituents is 1. The van der Waals surface area contributed by atoms with Crippen LogP contribution in [0.15, 0.2) is 39.9 Å². The summed E-state index contributed by atoms with van der Waals surface area (Å²) in [5.74, 6) is -0.150. The number of nitrogens with zero attached hydrogens (tertiary/aromatic N) is 3. The van der Waals surface area contributed by atoms with Crippen LogP contribution < -0.4 is 15.1 Å². The molecule has 0 aliphatic carbocycles. The van der Waals surface area contributed by atoms with Crippen LogP contribution in [0.25, 0.3) is 11.0 Å². The fourth-order valence-electron chi connectivity index (χ4n) is 4.96. The highest BCUT2D eigenvalue weighted by Crippen LogP contribution is 2.45. The van der Waals surface area contributed by atoms with Gasteiger partial charge in [0.1, 0.15) is 0 Å². The first-order chi connectivity index (χ1) is 17.1. The molecule has 36 heavy (non-hydrogen) atoms. The summed E-state index contributed by atoms with van der Waals surface area (Å²) >= 11 is 6.61. The number of amides is 1.